The van der Waals surface area contributed by atoms with Crippen LogP contribution in [0.15, 0.2) is 43.0 Å². The van der Waals surface area contributed by atoms with E-state index in [0.717, 1.165) is 11.3 Å². The lowest BCUT2D eigenvalue weighted by atomic mass is 9.96. The average Bonchev–Trinajstić information content (AvgIpc) is 3.15. The minimum atomic E-state index is -0.270. The second kappa shape index (κ2) is 7.16. The SMILES string of the molecule is NC(=O)C1CCN(C(=O)NCc2ccc(-n3ccnc3)cc2)CC1. The summed E-state index contributed by atoms with van der Waals surface area (Å²) in [6, 6.07) is 7.84. The van der Waals surface area contributed by atoms with Gasteiger partial charge >= 0.3 is 6.03 Å². The zero-order chi connectivity index (χ0) is 16.9. The molecule has 2 heterocycles. The summed E-state index contributed by atoms with van der Waals surface area (Å²) in [5.41, 5.74) is 7.36. The Morgan fingerprint density at radius 2 is 1.92 bits per heavy atom. The lowest BCUT2D eigenvalue weighted by Crippen LogP contribution is -2.46. The highest BCUT2D eigenvalue weighted by Crippen LogP contribution is 2.16. The maximum atomic E-state index is 12.2. The van der Waals surface area contributed by atoms with Crippen molar-refractivity contribution >= 4 is 11.9 Å². The van der Waals surface area contributed by atoms with E-state index in [9.17, 15) is 9.59 Å². The van der Waals surface area contributed by atoms with E-state index in [0.29, 0.717) is 32.5 Å². The van der Waals surface area contributed by atoms with E-state index < -0.39 is 0 Å². The molecule has 0 saturated carbocycles. The number of imidazole rings is 1. The van der Waals surface area contributed by atoms with Gasteiger partial charge in [-0.2, -0.15) is 0 Å². The Kier molecular flexibility index (Phi) is 4.79. The molecular weight excluding hydrogens is 306 g/mol. The van der Waals surface area contributed by atoms with Gasteiger partial charge in [0.15, 0.2) is 0 Å². The summed E-state index contributed by atoms with van der Waals surface area (Å²) in [6.07, 6.45) is 6.64. The molecule has 1 fully saturated rings. The van der Waals surface area contributed by atoms with Crippen molar-refractivity contribution < 1.29 is 9.59 Å². The first kappa shape index (κ1) is 16.0. The van der Waals surface area contributed by atoms with E-state index in [1.165, 1.54) is 0 Å². The third-order valence-corrected chi connectivity index (χ3v) is 4.37. The smallest absolute Gasteiger partial charge is 0.317 e. The molecule has 1 saturated heterocycles. The molecule has 0 atom stereocenters. The molecule has 126 valence electrons. The summed E-state index contributed by atoms with van der Waals surface area (Å²) in [5, 5.41) is 2.92. The number of amides is 3. The van der Waals surface area contributed by atoms with Gasteiger partial charge in [0.1, 0.15) is 0 Å². The van der Waals surface area contributed by atoms with Crippen LogP contribution in [0.25, 0.3) is 5.69 Å². The standard InChI is InChI=1S/C17H21N5O2/c18-16(23)14-5-8-21(9-6-14)17(24)20-11-13-1-3-15(4-2-13)22-10-7-19-12-22/h1-4,7,10,12,14H,5-6,8-9,11H2,(H2,18,23)(H,20,24). The monoisotopic (exact) mass is 327 g/mol. The molecule has 24 heavy (non-hydrogen) atoms. The molecule has 0 bridgehead atoms. The lowest BCUT2D eigenvalue weighted by Gasteiger charge is -2.30. The number of benzene rings is 1. The average molecular weight is 327 g/mol. The Morgan fingerprint density at radius 1 is 1.21 bits per heavy atom. The van der Waals surface area contributed by atoms with E-state index in [1.807, 2.05) is 35.0 Å². The fourth-order valence-electron chi connectivity index (χ4n) is 2.85. The molecule has 0 unspecified atom stereocenters. The summed E-state index contributed by atoms with van der Waals surface area (Å²) < 4.78 is 1.92. The number of primary amides is 1. The van der Waals surface area contributed by atoms with Crippen molar-refractivity contribution in [2.75, 3.05) is 13.1 Å². The van der Waals surface area contributed by atoms with Crippen LogP contribution in [0.3, 0.4) is 0 Å². The molecule has 2 aromatic rings. The Hall–Kier alpha value is -2.83. The summed E-state index contributed by atoms with van der Waals surface area (Å²) in [7, 11) is 0. The van der Waals surface area contributed by atoms with Crippen molar-refractivity contribution in [3.8, 4) is 5.69 Å². The van der Waals surface area contributed by atoms with Crippen LogP contribution in [0, 0.1) is 5.92 Å². The number of carbonyl (C=O) groups excluding carboxylic acids is 2. The van der Waals surface area contributed by atoms with Gasteiger partial charge in [-0.3, -0.25) is 4.79 Å². The molecule has 1 aromatic heterocycles. The molecule has 3 amide bonds. The third-order valence-electron chi connectivity index (χ3n) is 4.37. The number of rotatable bonds is 4. The number of nitrogens with two attached hydrogens (primary N) is 1. The predicted molar refractivity (Wildman–Crippen MR) is 89.3 cm³/mol. The summed E-state index contributed by atoms with van der Waals surface area (Å²) in [4.78, 5) is 29.1. The molecule has 1 aliphatic rings. The van der Waals surface area contributed by atoms with Gasteiger partial charge in [0.05, 0.1) is 6.33 Å². The van der Waals surface area contributed by atoms with Crippen LogP contribution in [-0.2, 0) is 11.3 Å². The van der Waals surface area contributed by atoms with Crippen molar-refractivity contribution in [3.63, 3.8) is 0 Å². The highest BCUT2D eigenvalue weighted by Gasteiger charge is 2.25. The van der Waals surface area contributed by atoms with E-state index >= 15 is 0 Å². The van der Waals surface area contributed by atoms with Crippen molar-refractivity contribution in [3.05, 3.63) is 48.5 Å². The molecule has 1 aliphatic heterocycles. The Labute approximate surface area is 140 Å². The molecular formula is C17H21N5O2. The van der Waals surface area contributed by atoms with Crippen molar-refractivity contribution in [2.45, 2.75) is 19.4 Å². The molecule has 1 aromatic carbocycles. The number of piperidine rings is 1. The Balaban J connectivity index is 1.49. The highest BCUT2D eigenvalue weighted by atomic mass is 16.2. The number of aromatic nitrogens is 2. The second-order valence-corrected chi connectivity index (χ2v) is 5.96. The minimum absolute atomic E-state index is 0.100. The van der Waals surface area contributed by atoms with Gasteiger partial charge in [0.2, 0.25) is 5.91 Å². The van der Waals surface area contributed by atoms with E-state index in [1.54, 1.807) is 17.4 Å². The fraction of sp³-hybridized carbons (Fsp3) is 0.353. The van der Waals surface area contributed by atoms with Crippen LogP contribution in [0.5, 0.6) is 0 Å². The number of nitrogens with one attached hydrogen (secondary N) is 1. The minimum Gasteiger partial charge on any atom is -0.369 e. The molecule has 7 heteroatoms. The van der Waals surface area contributed by atoms with E-state index in [2.05, 4.69) is 10.3 Å². The van der Waals surface area contributed by atoms with Crippen LogP contribution in [0.1, 0.15) is 18.4 Å². The molecule has 3 rings (SSSR count). The van der Waals surface area contributed by atoms with Crippen LogP contribution in [-0.4, -0.2) is 39.5 Å². The van der Waals surface area contributed by atoms with Crippen LogP contribution in [0.2, 0.25) is 0 Å². The number of hydrogen-bond donors (Lipinski definition) is 2. The maximum Gasteiger partial charge on any atom is 0.317 e. The van der Waals surface area contributed by atoms with Gasteiger partial charge in [-0.25, -0.2) is 9.78 Å². The molecule has 0 radical (unpaired) electrons. The number of urea groups is 1. The quantitative estimate of drug-likeness (QED) is 0.886. The van der Waals surface area contributed by atoms with Crippen LogP contribution >= 0.6 is 0 Å². The molecule has 0 spiro atoms. The van der Waals surface area contributed by atoms with Gasteiger partial charge in [0.25, 0.3) is 0 Å². The van der Waals surface area contributed by atoms with Crippen molar-refractivity contribution in [1.82, 2.24) is 19.8 Å². The number of carbonyl (C=O) groups is 2. The van der Waals surface area contributed by atoms with Gasteiger partial charge in [-0.05, 0) is 30.5 Å². The first-order valence-corrected chi connectivity index (χ1v) is 8.03. The zero-order valence-corrected chi connectivity index (χ0v) is 13.4. The van der Waals surface area contributed by atoms with Gasteiger partial charge < -0.3 is 20.5 Å². The number of nitrogens with zero attached hydrogens (tertiary/aromatic N) is 3. The van der Waals surface area contributed by atoms with Crippen molar-refractivity contribution in [2.24, 2.45) is 11.7 Å². The largest absolute Gasteiger partial charge is 0.369 e. The fourth-order valence-corrected chi connectivity index (χ4v) is 2.85. The second-order valence-electron chi connectivity index (χ2n) is 5.96. The normalized spacial score (nSPS) is 15.2. The predicted octanol–water partition coefficient (Wildman–Crippen LogP) is 1.28. The summed E-state index contributed by atoms with van der Waals surface area (Å²) in [6.45, 7) is 1.61. The summed E-state index contributed by atoms with van der Waals surface area (Å²) >= 11 is 0. The van der Waals surface area contributed by atoms with E-state index in [-0.39, 0.29) is 17.9 Å². The molecule has 0 aliphatic carbocycles. The Morgan fingerprint density at radius 3 is 2.50 bits per heavy atom. The Bertz CT molecular complexity index is 688. The van der Waals surface area contributed by atoms with E-state index in [4.69, 9.17) is 5.73 Å². The number of likely N-dealkylation sites (tertiary alicyclic amines) is 1. The topological polar surface area (TPSA) is 93.3 Å². The van der Waals surface area contributed by atoms with Gasteiger partial charge in [-0.1, -0.05) is 12.1 Å². The first-order valence-electron chi connectivity index (χ1n) is 8.03. The molecule has 7 nitrogen and oxygen atoms in total. The lowest BCUT2D eigenvalue weighted by molar-refractivity contribution is -0.123. The third kappa shape index (κ3) is 3.73. The van der Waals surface area contributed by atoms with Gasteiger partial charge in [-0.15, -0.1) is 0 Å². The zero-order valence-electron chi connectivity index (χ0n) is 13.4. The first-order chi connectivity index (χ1) is 11.6. The van der Waals surface area contributed by atoms with Crippen molar-refractivity contribution in [1.29, 1.82) is 0 Å². The summed E-state index contributed by atoms with van der Waals surface area (Å²) in [5.74, 6) is -0.377. The van der Waals surface area contributed by atoms with Crippen LogP contribution in [0.4, 0.5) is 4.79 Å². The number of hydrogen-bond acceptors (Lipinski definition) is 3. The maximum absolute atomic E-state index is 12.2. The highest BCUT2D eigenvalue weighted by molar-refractivity contribution is 5.78. The van der Waals surface area contributed by atoms with Gasteiger partial charge in [0, 0.05) is 43.6 Å². The molecule has 3 N–H and O–H groups in total. The van der Waals surface area contributed by atoms with Crippen LogP contribution < -0.4 is 11.1 Å².